The highest BCUT2D eigenvalue weighted by Gasteiger charge is 2.07. The van der Waals surface area contributed by atoms with Crippen molar-refractivity contribution in [1.29, 1.82) is 0 Å². The van der Waals surface area contributed by atoms with Gasteiger partial charge >= 0.3 is 5.97 Å². The van der Waals surface area contributed by atoms with Gasteiger partial charge < -0.3 is 25.7 Å². The van der Waals surface area contributed by atoms with Crippen molar-refractivity contribution < 1.29 is 15.0 Å². The lowest BCUT2D eigenvalue weighted by Crippen LogP contribution is -2.33. The number of nitrogens with two attached hydrogens (primary N) is 1. The minimum Gasteiger partial charge on any atom is -0.480 e. The molecular formula is C19H39N3O3. The quantitative estimate of drug-likeness (QED) is 0.439. The van der Waals surface area contributed by atoms with Crippen LogP contribution < -0.4 is 5.73 Å². The van der Waals surface area contributed by atoms with Crippen molar-refractivity contribution in [3.05, 3.63) is 12.4 Å². The molecule has 0 aromatic heterocycles. The molecule has 1 rings (SSSR count). The second kappa shape index (κ2) is 16.2. The Labute approximate surface area is 153 Å². The van der Waals surface area contributed by atoms with E-state index in [1.54, 1.807) is 0 Å². The van der Waals surface area contributed by atoms with Crippen molar-refractivity contribution in [2.24, 2.45) is 5.73 Å². The van der Waals surface area contributed by atoms with Crippen molar-refractivity contribution in [3.8, 4) is 0 Å². The van der Waals surface area contributed by atoms with Gasteiger partial charge in [-0.2, -0.15) is 0 Å². The zero-order chi connectivity index (χ0) is 18.9. The van der Waals surface area contributed by atoms with Gasteiger partial charge in [0, 0.05) is 26.0 Å². The summed E-state index contributed by atoms with van der Waals surface area (Å²) in [6.45, 7) is 4.09. The van der Waals surface area contributed by atoms with Crippen LogP contribution in [0.5, 0.6) is 0 Å². The molecule has 0 aliphatic carbocycles. The van der Waals surface area contributed by atoms with Crippen molar-refractivity contribution >= 4 is 5.97 Å². The molecule has 0 bridgehead atoms. The summed E-state index contributed by atoms with van der Waals surface area (Å²) >= 11 is 0. The predicted molar refractivity (Wildman–Crippen MR) is 103 cm³/mol. The van der Waals surface area contributed by atoms with Crippen LogP contribution in [0.4, 0.5) is 0 Å². The first-order chi connectivity index (χ1) is 12.0. The maximum Gasteiger partial charge on any atom is 0.322 e. The average molecular weight is 358 g/mol. The topological polar surface area (TPSA) is 90.0 Å². The zero-order valence-electron chi connectivity index (χ0n) is 16.2. The summed E-state index contributed by atoms with van der Waals surface area (Å²) in [6.07, 6.45) is 18.6. The van der Waals surface area contributed by atoms with E-state index in [9.17, 15) is 4.79 Å². The minimum absolute atomic E-state index is 0.505. The highest BCUT2D eigenvalue weighted by atomic mass is 16.4. The van der Waals surface area contributed by atoms with Gasteiger partial charge in [0.1, 0.15) is 6.04 Å². The summed E-state index contributed by atoms with van der Waals surface area (Å²) in [5.41, 5.74) is 4.77. The normalized spacial score (nSPS) is 14.4. The van der Waals surface area contributed by atoms with Crippen LogP contribution in [0.1, 0.15) is 71.1 Å². The van der Waals surface area contributed by atoms with Crippen LogP contribution in [-0.2, 0) is 4.79 Å². The van der Waals surface area contributed by atoms with E-state index in [-0.39, 0.29) is 0 Å². The summed E-state index contributed by atoms with van der Waals surface area (Å²) < 4.78 is 0. The lowest BCUT2D eigenvalue weighted by atomic mass is 10.1. The van der Waals surface area contributed by atoms with E-state index in [1.165, 1.54) is 70.8 Å². The molecule has 4 N–H and O–H groups in total. The molecule has 1 aliphatic heterocycles. The summed E-state index contributed by atoms with van der Waals surface area (Å²) in [4.78, 5) is 14.3. The Kier molecular flexibility index (Phi) is 15.4. The lowest BCUT2D eigenvalue weighted by Gasteiger charge is -2.17. The number of rotatable bonds is 13. The van der Waals surface area contributed by atoms with Crippen molar-refractivity contribution in [1.82, 2.24) is 9.80 Å². The van der Waals surface area contributed by atoms with E-state index < -0.39 is 18.6 Å². The van der Waals surface area contributed by atoms with E-state index in [0.29, 0.717) is 0 Å². The number of nitrogens with zero attached hydrogens (tertiary/aromatic N) is 2. The highest BCUT2D eigenvalue weighted by Crippen LogP contribution is 2.11. The van der Waals surface area contributed by atoms with Crippen LogP contribution in [0.3, 0.4) is 0 Å². The number of carbonyl (C=O) groups is 1. The maximum absolute atomic E-state index is 9.65. The Bertz CT molecular complexity index is 351. The van der Waals surface area contributed by atoms with E-state index in [0.717, 1.165) is 6.67 Å². The molecule has 6 nitrogen and oxygen atoms in total. The summed E-state index contributed by atoms with van der Waals surface area (Å²) in [7, 11) is 2.13. The SMILES string of the molecule is CCCCCCCCCCCCN1C=CN(C)C1.NC(CO)C(=O)O. The standard InChI is InChI=1S/C16H32N2.C3H7NO3/c1-3-4-5-6-7-8-9-10-11-12-13-18-15-14-17(2)16-18;4-2(1-5)3(6)7/h14-15H,3-13,16H2,1-2H3;2,5H,1,4H2,(H,6,7). The van der Waals surface area contributed by atoms with Crippen molar-refractivity contribution in [3.63, 3.8) is 0 Å². The molecule has 1 heterocycles. The van der Waals surface area contributed by atoms with Gasteiger partial charge in [-0.1, -0.05) is 64.7 Å². The van der Waals surface area contributed by atoms with E-state index in [1.807, 2.05) is 0 Å². The molecule has 1 aliphatic rings. The van der Waals surface area contributed by atoms with Gasteiger partial charge in [0.25, 0.3) is 0 Å². The minimum atomic E-state index is -1.18. The molecule has 1 atom stereocenters. The Morgan fingerprint density at radius 3 is 1.92 bits per heavy atom. The second-order valence-electron chi connectivity index (χ2n) is 6.82. The first-order valence-electron chi connectivity index (χ1n) is 9.73. The fourth-order valence-corrected chi connectivity index (χ4v) is 2.61. The molecular weight excluding hydrogens is 318 g/mol. The van der Waals surface area contributed by atoms with Crippen LogP contribution >= 0.6 is 0 Å². The summed E-state index contributed by atoms with van der Waals surface area (Å²) in [5.74, 6) is -1.18. The molecule has 6 heteroatoms. The highest BCUT2D eigenvalue weighted by molar-refractivity contribution is 5.73. The first kappa shape index (κ1) is 23.7. The molecule has 0 amide bonds. The zero-order valence-corrected chi connectivity index (χ0v) is 16.2. The molecule has 0 saturated heterocycles. The number of aliphatic carboxylic acids is 1. The van der Waals surface area contributed by atoms with Crippen LogP contribution in [0.15, 0.2) is 12.4 Å². The van der Waals surface area contributed by atoms with Gasteiger partial charge in [0.2, 0.25) is 0 Å². The number of aliphatic hydroxyl groups is 1. The van der Waals surface area contributed by atoms with Gasteiger partial charge in [0.15, 0.2) is 0 Å². The monoisotopic (exact) mass is 357 g/mol. The van der Waals surface area contributed by atoms with Gasteiger partial charge in [-0.05, 0) is 6.42 Å². The van der Waals surface area contributed by atoms with Gasteiger partial charge in [-0.3, -0.25) is 4.79 Å². The Morgan fingerprint density at radius 1 is 1.04 bits per heavy atom. The number of carboxylic acid groups (broad SMARTS) is 1. The molecule has 148 valence electrons. The number of hydrogen-bond acceptors (Lipinski definition) is 5. The van der Waals surface area contributed by atoms with Crippen molar-refractivity contribution in [2.45, 2.75) is 77.2 Å². The van der Waals surface area contributed by atoms with Crippen LogP contribution in [0, 0.1) is 0 Å². The third kappa shape index (κ3) is 14.8. The lowest BCUT2D eigenvalue weighted by molar-refractivity contribution is -0.139. The third-order valence-electron chi connectivity index (χ3n) is 4.25. The molecule has 25 heavy (non-hydrogen) atoms. The average Bonchev–Trinajstić information content (AvgIpc) is 3.01. The predicted octanol–water partition coefficient (Wildman–Crippen LogP) is 2.97. The van der Waals surface area contributed by atoms with Gasteiger partial charge in [-0.25, -0.2) is 0 Å². The van der Waals surface area contributed by atoms with E-state index >= 15 is 0 Å². The van der Waals surface area contributed by atoms with Gasteiger partial charge in [-0.15, -0.1) is 0 Å². The largest absolute Gasteiger partial charge is 0.480 e. The fourth-order valence-electron chi connectivity index (χ4n) is 2.61. The molecule has 0 fully saturated rings. The molecule has 1 unspecified atom stereocenters. The fraction of sp³-hybridized carbons (Fsp3) is 0.842. The smallest absolute Gasteiger partial charge is 0.322 e. The number of unbranched alkanes of at least 4 members (excludes halogenated alkanes) is 9. The van der Waals surface area contributed by atoms with Gasteiger partial charge in [0.05, 0.1) is 13.3 Å². The van der Waals surface area contributed by atoms with E-state index in [2.05, 4.69) is 36.2 Å². The molecule has 0 aromatic rings. The molecule has 0 aromatic carbocycles. The number of hydrogen-bond donors (Lipinski definition) is 3. The summed E-state index contributed by atoms with van der Waals surface area (Å²) in [5, 5.41) is 15.9. The van der Waals surface area contributed by atoms with Crippen LogP contribution in [0.2, 0.25) is 0 Å². The number of aliphatic hydroxyl groups excluding tert-OH is 1. The van der Waals surface area contributed by atoms with Crippen LogP contribution in [-0.4, -0.2) is 58.9 Å². The molecule has 0 saturated carbocycles. The first-order valence-corrected chi connectivity index (χ1v) is 9.73. The Hall–Kier alpha value is -1.27. The maximum atomic E-state index is 9.65. The molecule has 0 spiro atoms. The second-order valence-corrected chi connectivity index (χ2v) is 6.82. The Morgan fingerprint density at radius 2 is 1.56 bits per heavy atom. The van der Waals surface area contributed by atoms with Crippen molar-refractivity contribution in [2.75, 3.05) is 26.9 Å². The Balaban J connectivity index is 0.000000697. The third-order valence-corrected chi connectivity index (χ3v) is 4.25. The summed E-state index contributed by atoms with van der Waals surface area (Å²) in [6, 6.07) is -1.13. The molecule has 0 radical (unpaired) electrons. The van der Waals surface area contributed by atoms with Crippen LogP contribution in [0.25, 0.3) is 0 Å². The number of carboxylic acids is 1. The van der Waals surface area contributed by atoms with E-state index in [4.69, 9.17) is 15.9 Å².